The van der Waals surface area contributed by atoms with Gasteiger partial charge in [-0.1, -0.05) is 11.6 Å². The van der Waals surface area contributed by atoms with Crippen molar-refractivity contribution in [1.29, 1.82) is 0 Å². The molecular formula is C10H13ClN4. The molecule has 4 nitrogen and oxygen atoms in total. The minimum absolute atomic E-state index is 0.732. The van der Waals surface area contributed by atoms with Gasteiger partial charge in [-0.2, -0.15) is 0 Å². The number of guanidine groups is 1. The van der Waals surface area contributed by atoms with Crippen LogP contribution < -0.4 is 10.9 Å². The van der Waals surface area contributed by atoms with Gasteiger partial charge in [0.1, 0.15) is 0 Å². The highest BCUT2D eigenvalue weighted by atomic mass is 35.5. The van der Waals surface area contributed by atoms with E-state index < -0.39 is 0 Å². The van der Waals surface area contributed by atoms with Crippen molar-refractivity contribution in [3.05, 3.63) is 29.3 Å². The van der Waals surface area contributed by atoms with E-state index in [2.05, 4.69) is 20.7 Å². The summed E-state index contributed by atoms with van der Waals surface area (Å²) in [5.41, 5.74) is 7.07. The number of rotatable bonds is 2. The van der Waals surface area contributed by atoms with Crippen LogP contribution in [0.5, 0.6) is 0 Å². The predicted octanol–water partition coefficient (Wildman–Crippen LogP) is 1.56. The van der Waals surface area contributed by atoms with Gasteiger partial charge in [0.15, 0.2) is 0 Å². The van der Waals surface area contributed by atoms with Crippen LogP contribution in [0.4, 0.5) is 5.69 Å². The molecule has 2 N–H and O–H groups in total. The fourth-order valence-corrected chi connectivity index (χ4v) is 1.45. The normalized spacial score (nSPS) is 15.1. The predicted molar refractivity (Wildman–Crippen MR) is 63.1 cm³/mol. The molecule has 0 fully saturated rings. The van der Waals surface area contributed by atoms with Crippen molar-refractivity contribution in [2.24, 2.45) is 4.99 Å². The van der Waals surface area contributed by atoms with Crippen LogP contribution in [0, 0.1) is 0 Å². The van der Waals surface area contributed by atoms with E-state index in [9.17, 15) is 0 Å². The number of halogens is 1. The van der Waals surface area contributed by atoms with Gasteiger partial charge in [0, 0.05) is 18.6 Å². The smallest absolute Gasteiger partial charge is 0.212 e. The highest BCUT2D eigenvalue weighted by Crippen LogP contribution is 2.12. The largest absolute Gasteiger partial charge is 0.343 e. The van der Waals surface area contributed by atoms with Gasteiger partial charge in [0.2, 0.25) is 5.96 Å². The summed E-state index contributed by atoms with van der Waals surface area (Å²) in [6.45, 7) is 1.81. The van der Waals surface area contributed by atoms with Crippen LogP contribution in [0.2, 0.25) is 5.02 Å². The number of anilines is 1. The molecule has 1 aromatic carbocycles. The highest BCUT2D eigenvalue weighted by Gasteiger charge is 2.10. The Morgan fingerprint density at radius 3 is 2.60 bits per heavy atom. The third kappa shape index (κ3) is 2.53. The number of benzene rings is 1. The maximum Gasteiger partial charge on any atom is 0.212 e. The first-order valence-electron chi connectivity index (χ1n) is 4.79. The Kier molecular flexibility index (Phi) is 2.97. The molecule has 15 heavy (non-hydrogen) atoms. The molecular weight excluding hydrogens is 212 g/mol. The Labute approximate surface area is 93.9 Å². The molecule has 0 amide bonds. The fourth-order valence-electron chi connectivity index (χ4n) is 1.33. The summed E-state index contributed by atoms with van der Waals surface area (Å²) in [7, 11) is 2.00. The first kappa shape index (κ1) is 10.1. The van der Waals surface area contributed by atoms with Gasteiger partial charge in [-0.25, -0.2) is 4.99 Å². The summed E-state index contributed by atoms with van der Waals surface area (Å²) in [4.78, 5) is 6.35. The maximum atomic E-state index is 5.78. The van der Waals surface area contributed by atoms with Gasteiger partial charge >= 0.3 is 0 Å². The molecule has 0 atom stereocenters. The minimum Gasteiger partial charge on any atom is -0.343 e. The van der Waals surface area contributed by atoms with E-state index >= 15 is 0 Å². The molecule has 0 spiro atoms. The average molecular weight is 225 g/mol. The van der Waals surface area contributed by atoms with Crippen LogP contribution in [-0.4, -0.2) is 31.0 Å². The Balaban J connectivity index is 1.90. The van der Waals surface area contributed by atoms with Gasteiger partial charge < -0.3 is 4.90 Å². The standard InChI is InChI=1S/C10H13ClN4/c1-15-7-6-12-10(15)14-13-9-4-2-8(11)3-5-9/h2-5,13H,6-7H2,1H3,(H,12,14). The molecule has 0 unspecified atom stereocenters. The monoisotopic (exact) mass is 224 g/mol. The van der Waals surface area contributed by atoms with Crippen molar-refractivity contribution in [3.8, 4) is 0 Å². The van der Waals surface area contributed by atoms with E-state index in [0.29, 0.717) is 0 Å². The molecule has 0 radical (unpaired) electrons. The second-order valence-electron chi connectivity index (χ2n) is 3.38. The summed E-state index contributed by atoms with van der Waals surface area (Å²) < 4.78 is 0. The van der Waals surface area contributed by atoms with Crippen molar-refractivity contribution in [1.82, 2.24) is 10.3 Å². The molecule has 1 aliphatic rings. The molecule has 5 heteroatoms. The van der Waals surface area contributed by atoms with Crippen LogP contribution in [0.15, 0.2) is 29.3 Å². The second-order valence-corrected chi connectivity index (χ2v) is 3.82. The molecule has 2 rings (SSSR count). The van der Waals surface area contributed by atoms with Crippen LogP contribution in [0.3, 0.4) is 0 Å². The minimum atomic E-state index is 0.732. The Bertz CT molecular complexity index is 360. The van der Waals surface area contributed by atoms with E-state index in [0.717, 1.165) is 29.8 Å². The highest BCUT2D eigenvalue weighted by molar-refractivity contribution is 6.30. The molecule has 1 heterocycles. The summed E-state index contributed by atoms with van der Waals surface area (Å²) in [6.07, 6.45) is 0. The van der Waals surface area contributed by atoms with Gasteiger partial charge in [-0.15, -0.1) is 0 Å². The lowest BCUT2D eigenvalue weighted by Gasteiger charge is -2.16. The zero-order valence-electron chi connectivity index (χ0n) is 8.50. The van der Waals surface area contributed by atoms with Crippen LogP contribution in [-0.2, 0) is 0 Å². The van der Waals surface area contributed by atoms with E-state index in [1.807, 2.05) is 31.3 Å². The summed E-state index contributed by atoms with van der Waals surface area (Å²) in [5, 5.41) is 0.732. The third-order valence-corrected chi connectivity index (χ3v) is 2.47. The summed E-state index contributed by atoms with van der Waals surface area (Å²) in [6, 6.07) is 7.49. The first-order chi connectivity index (χ1) is 7.25. The zero-order valence-corrected chi connectivity index (χ0v) is 9.25. The van der Waals surface area contributed by atoms with E-state index in [-0.39, 0.29) is 0 Å². The second kappa shape index (κ2) is 4.40. The molecule has 0 saturated carbocycles. The molecule has 0 saturated heterocycles. The molecule has 80 valence electrons. The van der Waals surface area contributed by atoms with E-state index in [1.54, 1.807) is 0 Å². The first-order valence-corrected chi connectivity index (χ1v) is 5.17. The van der Waals surface area contributed by atoms with E-state index in [4.69, 9.17) is 11.6 Å². The molecule has 0 aliphatic carbocycles. The lowest BCUT2D eigenvalue weighted by atomic mass is 10.3. The van der Waals surface area contributed by atoms with Gasteiger partial charge in [-0.3, -0.25) is 10.9 Å². The summed E-state index contributed by atoms with van der Waals surface area (Å²) in [5.74, 6) is 0.866. The SMILES string of the molecule is CN1CCN=C1NNc1ccc(Cl)cc1. The van der Waals surface area contributed by atoms with Gasteiger partial charge in [-0.05, 0) is 24.3 Å². The Morgan fingerprint density at radius 2 is 2.00 bits per heavy atom. The molecule has 1 aliphatic heterocycles. The quantitative estimate of drug-likeness (QED) is 0.749. The number of hydrogen-bond acceptors (Lipinski definition) is 4. The lowest BCUT2D eigenvalue weighted by Crippen LogP contribution is -2.38. The lowest BCUT2D eigenvalue weighted by molar-refractivity contribution is 0.540. The van der Waals surface area contributed by atoms with Gasteiger partial charge in [0.05, 0.1) is 12.2 Å². The molecule has 0 bridgehead atoms. The van der Waals surface area contributed by atoms with Crippen LogP contribution in [0.25, 0.3) is 0 Å². The Hall–Kier alpha value is -1.42. The van der Waals surface area contributed by atoms with Crippen molar-refractivity contribution in [3.63, 3.8) is 0 Å². The number of aliphatic imine (C=N–C) groups is 1. The van der Waals surface area contributed by atoms with Crippen molar-refractivity contribution >= 4 is 23.2 Å². The number of nitrogens with zero attached hydrogens (tertiary/aromatic N) is 2. The van der Waals surface area contributed by atoms with Crippen molar-refractivity contribution in [2.45, 2.75) is 0 Å². The topological polar surface area (TPSA) is 39.7 Å². The van der Waals surface area contributed by atoms with Crippen LogP contribution in [0.1, 0.15) is 0 Å². The molecule has 1 aromatic rings. The number of hydrogen-bond donors (Lipinski definition) is 2. The third-order valence-electron chi connectivity index (χ3n) is 2.22. The maximum absolute atomic E-state index is 5.78. The van der Waals surface area contributed by atoms with Crippen molar-refractivity contribution in [2.75, 3.05) is 25.6 Å². The Morgan fingerprint density at radius 1 is 1.27 bits per heavy atom. The zero-order chi connectivity index (χ0) is 10.7. The number of hydrazine groups is 1. The van der Waals surface area contributed by atoms with E-state index in [1.165, 1.54) is 0 Å². The van der Waals surface area contributed by atoms with Crippen molar-refractivity contribution < 1.29 is 0 Å². The van der Waals surface area contributed by atoms with Crippen LogP contribution >= 0.6 is 11.6 Å². The number of nitrogens with one attached hydrogen (secondary N) is 2. The van der Waals surface area contributed by atoms with Gasteiger partial charge in [0.25, 0.3) is 0 Å². The molecule has 0 aromatic heterocycles. The average Bonchev–Trinajstić information content (AvgIpc) is 2.63. The number of likely N-dealkylation sites (N-methyl/N-ethyl adjacent to an activating group) is 1. The fraction of sp³-hybridized carbons (Fsp3) is 0.300. The summed E-state index contributed by atoms with van der Waals surface area (Å²) >= 11 is 5.78.